The molecule has 156 valence electrons. The Morgan fingerprint density at radius 3 is 2.53 bits per heavy atom. The van der Waals surface area contributed by atoms with Gasteiger partial charge in [-0.05, 0) is 42.9 Å². The van der Waals surface area contributed by atoms with Crippen molar-refractivity contribution >= 4 is 16.9 Å². The molecular weight excluding hydrogens is 370 g/mol. The van der Waals surface area contributed by atoms with Gasteiger partial charge in [-0.3, -0.25) is 4.79 Å². The summed E-state index contributed by atoms with van der Waals surface area (Å²) < 4.78 is 2.45. The van der Waals surface area contributed by atoms with Gasteiger partial charge in [-0.25, -0.2) is 4.98 Å². The Morgan fingerprint density at radius 2 is 1.70 bits per heavy atom. The van der Waals surface area contributed by atoms with Crippen LogP contribution in [0.2, 0.25) is 0 Å². The predicted molar refractivity (Wildman–Crippen MR) is 120 cm³/mol. The molecule has 0 spiro atoms. The highest BCUT2D eigenvalue weighted by molar-refractivity contribution is 5.81. The summed E-state index contributed by atoms with van der Waals surface area (Å²) in [5.41, 5.74) is 3.59. The number of amides is 1. The number of rotatable bonds is 6. The molecule has 2 fully saturated rings. The van der Waals surface area contributed by atoms with Crippen LogP contribution in [0.4, 0.5) is 0 Å². The zero-order valence-electron chi connectivity index (χ0n) is 17.7. The monoisotopic (exact) mass is 401 g/mol. The smallest absolute Gasteiger partial charge is 0.223 e. The summed E-state index contributed by atoms with van der Waals surface area (Å²) >= 11 is 0. The zero-order chi connectivity index (χ0) is 20.3. The number of nitrogens with zero attached hydrogens (tertiary/aromatic N) is 3. The van der Waals surface area contributed by atoms with Gasteiger partial charge in [-0.15, -0.1) is 0 Å². The lowest BCUT2D eigenvalue weighted by Crippen LogP contribution is -2.27. The Morgan fingerprint density at radius 1 is 0.933 bits per heavy atom. The summed E-state index contributed by atoms with van der Waals surface area (Å²) in [6.07, 6.45) is 8.21. The van der Waals surface area contributed by atoms with Crippen LogP contribution in [-0.2, 0) is 17.8 Å². The summed E-state index contributed by atoms with van der Waals surface area (Å²) in [7, 11) is 0. The molecule has 30 heavy (non-hydrogen) atoms. The lowest BCUT2D eigenvalue weighted by atomic mass is 9.89. The van der Waals surface area contributed by atoms with Gasteiger partial charge in [0.2, 0.25) is 5.91 Å². The highest BCUT2D eigenvalue weighted by Gasteiger charge is 2.34. The van der Waals surface area contributed by atoms with Gasteiger partial charge in [0.25, 0.3) is 0 Å². The average Bonchev–Trinajstić information content (AvgIpc) is 3.34. The third-order valence-electron chi connectivity index (χ3n) is 6.94. The van der Waals surface area contributed by atoms with Gasteiger partial charge in [0.15, 0.2) is 0 Å². The Bertz CT molecular complexity index is 1000. The number of para-hydroxylation sites is 2. The van der Waals surface area contributed by atoms with Gasteiger partial charge in [0, 0.05) is 32.0 Å². The fourth-order valence-corrected chi connectivity index (χ4v) is 5.30. The summed E-state index contributed by atoms with van der Waals surface area (Å²) in [6, 6.07) is 18.9. The van der Waals surface area contributed by atoms with Crippen LogP contribution in [0.3, 0.4) is 0 Å². The lowest BCUT2D eigenvalue weighted by Gasteiger charge is -2.24. The van der Waals surface area contributed by atoms with Gasteiger partial charge in [-0.1, -0.05) is 61.7 Å². The molecule has 1 saturated heterocycles. The second-order valence-electron chi connectivity index (χ2n) is 9.05. The first-order valence-electron chi connectivity index (χ1n) is 11.5. The standard InChI is InChI=1S/C26H31N3O/c30-25-17-22(19-28(25)16-15-20-9-3-1-4-10-20)26-27-23-13-7-8-14-24(23)29(26)18-21-11-5-2-6-12-21/h1,3-4,7-10,13-14,21-22H,2,5-6,11-12,15-19H2/t22-/m0/s1. The molecule has 1 aliphatic carbocycles. The lowest BCUT2D eigenvalue weighted by molar-refractivity contribution is -0.127. The molecule has 0 bridgehead atoms. The van der Waals surface area contributed by atoms with Crippen molar-refractivity contribution in [2.75, 3.05) is 13.1 Å². The van der Waals surface area contributed by atoms with Crippen molar-refractivity contribution in [2.24, 2.45) is 5.92 Å². The molecule has 1 saturated carbocycles. The second kappa shape index (κ2) is 8.63. The molecule has 1 atom stereocenters. The molecule has 3 aromatic rings. The third-order valence-corrected chi connectivity index (χ3v) is 6.94. The normalized spacial score (nSPS) is 20.3. The van der Waals surface area contributed by atoms with Gasteiger partial charge < -0.3 is 9.47 Å². The van der Waals surface area contributed by atoms with Crippen molar-refractivity contribution in [1.29, 1.82) is 0 Å². The minimum Gasteiger partial charge on any atom is -0.342 e. The first-order chi connectivity index (χ1) is 14.8. The van der Waals surface area contributed by atoms with Crippen molar-refractivity contribution in [3.8, 4) is 0 Å². The maximum Gasteiger partial charge on any atom is 0.223 e. The largest absolute Gasteiger partial charge is 0.342 e. The van der Waals surface area contributed by atoms with Gasteiger partial charge in [0.1, 0.15) is 5.82 Å². The molecule has 1 amide bonds. The molecule has 0 unspecified atom stereocenters. The van der Waals surface area contributed by atoms with Crippen LogP contribution >= 0.6 is 0 Å². The highest BCUT2D eigenvalue weighted by atomic mass is 16.2. The van der Waals surface area contributed by atoms with E-state index in [2.05, 4.69) is 53.1 Å². The zero-order valence-corrected chi connectivity index (χ0v) is 17.7. The van der Waals surface area contributed by atoms with E-state index in [0.29, 0.717) is 6.42 Å². The van der Waals surface area contributed by atoms with Gasteiger partial charge >= 0.3 is 0 Å². The van der Waals surface area contributed by atoms with Gasteiger partial charge in [-0.2, -0.15) is 0 Å². The van der Waals surface area contributed by atoms with Crippen LogP contribution < -0.4 is 0 Å². The van der Waals surface area contributed by atoms with Crippen molar-refractivity contribution in [3.63, 3.8) is 0 Å². The van der Waals surface area contributed by atoms with E-state index in [0.717, 1.165) is 43.3 Å². The number of aromatic nitrogens is 2. The van der Waals surface area contributed by atoms with E-state index in [4.69, 9.17) is 4.98 Å². The van der Waals surface area contributed by atoms with E-state index in [1.165, 1.54) is 43.2 Å². The predicted octanol–water partition coefficient (Wildman–Crippen LogP) is 5.18. The Hall–Kier alpha value is -2.62. The number of imidazole rings is 1. The second-order valence-corrected chi connectivity index (χ2v) is 9.05. The van der Waals surface area contributed by atoms with Crippen LogP contribution in [-0.4, -0.2) is 33.4 Å². The molecular formula is C26H31N3O. The maximum atomic E-state index is 12.8. The first kappa shape index (κ1) is 19.3. The third kappa shape index (κ3) is 4.00. The van der Waals surface area contributed by atoms with Crippen LogP contribution in [0.25, 0.3) is 11.0 Å². The van der Waals surface area contributed by atoms with E-state index in [1.54, 1.807) is 0 Å². The number of fused-ring (bicyclic) bond motifs is 1. The molecule has 2 heterocycles. The topological polar surface area (TPSA) is 38.1 Å². The highest BCUT2D eigenvalue weighted by Crippen LogP contribution is 2.33. The van der Waals surface area contributed by atoms with Crippen molar-refractivity contribution in [1.82, 2.24) is 14.5 Å². The molecule has 2 aliphatic rings. The van der Waals surface area contributed by atoms with Gasteiger partial charge in [0.05, 0.1) is 11.0 Å². The number of likely N-dealkylation sites (tertiary alicyclic amines) is 1. The molecule has 1 aliphatic heterocycles. The number of carbonyl (C=O) groups is 1. The Labute approximate surface area is 178 Å². The van der Waals surface area contributed by atoms with E-state index in [-0.39, 0.29) is 11.8 Å². The van der Waals surface area contributed by atoms with Crippen molar-refractivity contribution < 1.29 is 4.79 Å². The average molecular weight is 402 g/mol. The SMILES string of the molecule is O=C1C[C@H](c2nc3ccccc3n2CC2CCCCC2)CN1CCc1ccccc1. The molecule has 1 aromatic heterocycles. The molecule has 5 rings (SSSR count). The fourth-order valence-electron chi connectivity index (χ4n) is 5.30. The summed E-state index contributed by atoms with van der Waals surface area (Å²) in [5.74, 6) is 2.33. The minimum absolute atomic E-state index is 0.198. The summed E-state index contributed by atoms with van der Waals surface area (Å²) in [6.45, 7) is 2.63. The number of hydrogen-bond donors (Lipinski definition) is 0. The van der Waals surface area contributed by atoms with E-state index >= 15 is 0 Å². The molecule has 2 aromatic carbocycles. The Kier molecular flexibility index (Phi) is 5.56. The number of benzene rings is 2. The number of carbonyl (C=O) groups excluding carboxylic acids is 1. The van der Waals surface area contributed by atoms with E-state index < -0.39 is 0 Å². The molecule has 0 N–H and O–H groups in total. The van der Waals surface area contributed by atoms with Crippen LogP contribution in [0.5, 0.6) is 0 Å². The van der Waals surface area contributed by atoms with Crippen molar-refractivity contribution in [3.05, 3.63) is 66.0 Å². The van der Waals surface area contributed by atoms with Crippen LogP contribution in [0.15, 0.2) is 54.6 Å². The quantitative estimate of drug-likeness (QED) is 0.571. The van der Waals surface area contributed by atoms with E-state index in [1.807, 2.05) is 11.0 Å². The van der Waals surface area contributed by atoms with Crippen LogP contribution in [0.1, 0.15) is 55.8 Å². The molecule has 4 heteroatoms. The summed E-state index contributed by atoms with van der Waals surface area (Å²) in [4.78, 5) is 19.9. The molecule has 4 nitrogen and oxygen atoms in total. The molecule has 0 radical (unpaired) electrons. The van der Waals surface area contributed by atoms with E-state index in [9.17, 15) is 4.79 Å². The summed E-state index contributed by atoms with van der Waals surface area (Å²) in [5, 5.41) is 0. The maximum absolute atomic E-state index is 12.8. The first-order valence-corrected chi connectivity index (χ1v) is 11.5. The Balaban J connectivity index is 1.36. The number of hydrogen-bond acceptors (Lipinski definition) is 2. The fraction of sp³-hybridized carbons (Fsp3) is 0.462. The van der Waals surface area contributed by atoms with Crippen LogP contribution in [0, 0.1) is 5.92 Å². The van der Waals surface area contributed by atoms with Crippen molar-refractivity contribution in [2.45, 2.75) is 57.4 Å². The minimum atomic E-state index is 0.198.